The van der Waals surface area contributed by atoms with Gasteiger partial charge >= 0.3 is 0 Å². The molecule has 1 rings (SSSR count). The van der Waals surface area contributed by atoms with E-state index in [1.54, 1.807) is 0 Å². The lowest BCUT2D eigenvalue weighted by atomic mass is 10.1. The lowest BCUT2D eigenvalue weighted by molar-refractivity contribution is -0.384. The molecule has 0 saturated heterocycles. The molecule has 1 aromatic carbocycles. The highest BCUT2D eigenvalue weighted by molar-refractivity contribution is 6.33. The van der Waals surface area contributed by atoms with Crippen molar-refractivity contribution in [2.45, 2.75) is 20.0 Å². The summed E-state index contributed by atoms with van der Waals surface area (Å²) in [7, 11) is 0. The van der Waals surface area contributed by atoms with Crippen molar-refractivity contribution in [3.05, 3.63) is 38.9 Å². The topological polar surface area (TPSA) is 92.5 Å². The number of nitrogens with zero attached hydrogens (tertiary/aromatic N) is 1. The molecule has 1 amide bonds. The second-order valence-corrected chi connectivity index (χ2v) is 4.85. The molecule has 0 heterocycles. The Balaban J connectivity index is 2.82. The molecule has 7 heteroatoms. The number of rotatable bonds is 5. The number of nitrogens with one attached hydrogen (secondary N) is 1. The molecule has 19 heavy (non-hydrogen) atoms. The van der Waals surface area contributed by atoms with E-state index in [1.807, 2.05) is 13.8 Å². The molecule has 104 valence electrons. The average Bonchev–Trinajstić information content (AvgIpc) is 2.35. The summed E-state index contributed by atoms with van der Waals surface area (Å²) in [5.74, 6) is -0.547. The summed E-state index contributed by atoms with van der Waals surface area (Å²) in [5.41, 5.74) is -0.189. The van der Waals surface area contributed by atoms with Crippen LogP contribution in [0.25, 0.3) is 0 Å². The molecule has 1 atom stereocenters. The zero-order chi connectivity index (χ0) is 14.6. The maximum absolute atomic E-state index is 11.8. The van der Waals surface area contributed by atoms with Crippen LogP contribution in [0.1, 0.15) is 24.2 Å². The van der Waals surface area contributed by atoms with Crippen molar-refractivity contribution < 1.29 is 14.8 Å². The van der Waals surface area contributed by atoms with E-state index in [0.29, 0.717) is 0 Å². The highest BCUT2D eigenvalue weighted by Crippen LogP contribution is 2.21. The number of non-ortho nitro benzene ring substituents is 1. The third kappa shape index (κ3) is 4.18. The van der Waals surface area contributed by atoms with E-state index in [1.165, 1.54) is 12.1 Å². The predicted molar refractivity (Wildman–Crippen MR) is 71.3 cm³/mol. The number of hydrogen-bond acceptors (Lipinski definition) is 4. The molecule has 0 aliphatic heterocycles. The molecule has 0 fully saturated rings. The van der Waals surface area contributed by atoms with Crippen LogP contribution in [0.2, 0.25) is 5.02 Å². The number of carbonyl (C=O) groups is 1. The van der Waals surface area contributed by atoms with Crippen LogP contribution >= 0.6 is 11.6 Å². The largest absolute Gasteiger partial charge is 0.391 e. The Kier molecular flexibility index (Phi) is 5.26. The molecule has 0 aliphatic carbocycles. The number of benzene rings is 1. The van der Waals surface area contributed by atoms with Gasteiger partial charge in [-0.15, -0.1) is 0 Å². The first-order valence-electron chi connectivity index (χ1n) is 5.73. The van der Waals surface area contributed by atoms with Crippen molar-refractivity contribution in [3.63, 3.8) is 0 Å². The Labute approximate surface area is 115 Å². The Morgan fingerprint density at radius 1 is 1.53 bits per heavy atom. The fraction of sp³-hybridized carbons (Fsp3) is 0.417. The number of aliphatic hydroxyl groups excluding tert-OH is 1. The molecule has 1 unspecified atom stereocenters. The lowest BCUT2D eigenvalue weighted by Gasteiger charge is -2.15. The van der Waals surface area contributed by atoms with E-state index in [9.17, 15) is 20.0 Å². The normalized spacial score (nSPS) is 12.3. The smallest absolute Gasteiger partial charge is 0.270 e. The van der Waals surface area contributed by atoms with Crippen LogP contribution in [0.5, 0.6) is 0 Å². The summed E-state index contributed by atoms with van der Waals surface area (Å²) in [6.07, 6.45) is -0.679. The molecule has 0 aliphatic rings. The summed E-state index contributed by atoms with van der Waals surface area (Å²) in [5, 5.41) is 22.8. The van der Waals surface area contributed by atoms with E-state index in [4.69, 9.17) is 11.6 Å². The third-order valence-corrected chi connectivity index (χ3v) is 2.98. The summed E-state index contributed by atoms with van der Waals surface area (Å²) in [4.78, 5) is 21.9. The quantitative estimate of drug-likeness (QED) is 0.639. The zero-order valence-corrected chi connectivity index (χ0v) is 11.3. The van der Waals surface area contributed by atoms with E-state index in [2.05, 4.69) is 5.32 Å². The van der Waals surface area contributed by atoms with Crippen molar-refractivity contribution in [1.29, 1.82) is 0 Å². The highest BCUT2D eigenvalue weighted by Gasteiger charge is 2.17. The SMILES string of the molecule is CC(C)C(O)CNC(=O)c1cc([N+](=O)[O-])ccc1Cl. The average molecular weight is 287 g/mol. The summed E-state index contributed by atoms with van der Waals surface area (Å²) < 4.78 is 0. The van der Waals surface area contributed by atoms with Gasteiger partial charge in [0.05, 0.1) is 21.6 Å². The monoisotopic (exact) mass is 286 g/mol. The minimum atomic E-state index is -0.679. The van der Waals surface area contributed by atoms with Gasteiger partial charge in [-0.2, -0.15) is 0 Å². The lowest BCUT2D eigenvalue weighted by Crippen LogP contribution is -2.34. The first kappa shape index (κ1) is 15.4. The van der Waals surface area contributed by atoms with Gasteiger partial charge in [-0.25, -0.2) is 0 Å². The number of aliphatic hydroxyl groups is 1. The Morgan fingerprint density at radius 2 is 2.16 bits per heavy atom. The molecular formula is C12H15ClN2O4. The van der Waals surface area contributed by atoms with E-state index >= 15 is 0 Å². The Bertz CT molecular complexity index is 491. The van der Waals surface area contributed by atoms with Crippen LogP contribution in [0.3, 0.4) is 0 Å². The zero-order valence-electron chi connectivity index (χ0n) is 10.6. The van der Waals surface area contributed by atoms with Gasteiger partial charge in [0.2, 0.25) is 0 Å². The highest BCUT2D eigenvalue weighted by atomic mass is 35.5. The van der Waals surface area contributed by atoms with Gasteiger partial charge in [0, 0.05) is 18.7 Å². The van der Waals surface area contributed by atoms with Gasteiger partial charge in [0.25, 0.3) is 11.6 Å². The molecular weight excluding hydrogens is 272 g/mol. The van der Waals surface area contributed by atoms with Gasteiger partial charge in [0.15, 0.2) is 0 Å². The summed E-state index contributed by atoms with van der Waals surface area (Å²) in [6, 6.07) is 3.63. The van der Waals surface area contributed by atoms with Crippen molar-refractivity contribution in [2.75, 3.05) is 6.54 Å². The minimum Gasteiger partial charge on any atom is -0.391 e. The van der Waals surface area contributed by atoms with Gasteiger partial charge in [-0.1, -0.05) is 25.4 Å². The first-order valence-corrected chi connectivity index (χ1v) is 6.11. The Hall–Kier alpha value is -1.66. The molecule has 0 radical (unpaired) electrons. The fourth-order valence-corrected chi connectivity index (χ4v) is 1.53. The van der Waals surface area contributed by atoms with Crippen molar-refractivity contribution >= 4 is 23.2 Å². The van der Waals surface area contributed by atoms with E-state index in [0.717, 1.165) is 6.07 Å². The first-order chi connectivity index (χ1) is 8.82. The fourth-order valence-electron chi connectivity index (χ4n) is 1.33. The van der Waals surface area contributed by atoms with Crippen molar-refractivity contribution in [3.8, 4) is 0 Å². The van der Waals surface area contributed by atoms with Gasteiger partial charge in [-0.05, 0) is 12.0 Å². The number of nitro groups is 1. The van der Waals surface area contributed by atoms with Crippen LogP contribution in [0.15, 0.2) is 18.2 Å². The minimum absolute atomic E-state index is 0.000816. The second kappa shape index (κ2) is 6.49. The molecule has 2 N–H and O–H groups in total. The van der Waals surface area contributed by atoms with E-state index < -0.39 is 16.9 Å². The molecule has 6 nitrogen and oxygen atoms in total. The van der Waals surface area contributed by atoms with Crippen molar-refractivity contribution in [2.24, 2.45) is 5.92 Å². The predicted octanol–water partition coefficient (Wildman–Crippen LogP) is 1.99. The number of amides is 1. The maximum atomic E-state index is 11.8. The third-order valence-electron chi connectivity index (χ3n) is 2.65. The van der Waals surface area contributed by atoms with Crippen LogP contribution < -0.4 is 5.32 Å². The van der Waals surface area contributed by atoms with Crippen LogP contribution in [-0.2, 0) is 0 Å². The van der Waals surface area contributed by atoms with Crippen LogP contribution in [0, 0.1) is 16.0 Å². The standard InChI is InChI=1S/C12H15ClN2O4/c1-7(2)11(16)6-14-12(17)9-5-8(15(18)19)3-4-10(9)13/h3-5,7,11,16H,6H2,1-2H3,(H,14,17). The molecule has 0 saturated carbocycles. The number of halogens is 1. The maximum Gasteiger partial charge on any atom is 0.270 e. The Morgan fingerprint density at radius 3 is 2.68 bits per heavy atom. The van der Waals surface area contributed by atoms with Gasteiger partial charge in [-0.3, -0.25) is 14.9 Å². The summed E-state index contributed by atoms with van der Waals surface area (Å²) in [6.45, 7) is 3.70. The number of nitro benzene ring substituents is 1. The van der Waals surface area contributed by atoms with E-state index in [-0.39, 0.29) is 28.7 Å². The molecule has 0 spiro atoms. The number of carbonyl (C=O) groups excluding carboxylic acids is 1. The van der Waals surface area contributed by atoms with Gasteiger partial charge in [0.1, 0.15) is 0 Å². The van der Waals surface area contributed by atoms with Gasteiger partial charge < -0.3 is 10.4 Å². The second-order valence-electron chi connectivity index (χ2n) is 4.44. The number of hydrogen-bond donors (Lipinski definition) is 2. The molecule has 0 aromatic heterocycles. The molecule has 1 aromatic rings. The van der Waals surface area contributed by atoms with Crippen molar-refractivity contribution in [1.82, 2.24) is 5.32 Å². The molecule has 0 bridgehead atoms. The van der Waals surface area contributed by atoms with Crippen LogP contribution in [0.4, 0.5) is 5.69 Å². The van der Waals surface area contributed by atoms with Crippen LogP contribution in [-0.4, -0.2) is 28.6 Å². The summed E-state index contributed by atoms with van der Waals surface area (Å²) >= 11 is 5.83.